The maximum absolute atomic E-state index is 7.28. The molecule has 0 saturated heterocycles. The minimum Gasteiger partial charge on any atom is -0.304 e. The molecule has 7 rings (SSSR count). The Morgan fingerprint density at radius 3 is 1.76 bits per heavy atom. The van der Waals surface area contributed by atoms with Crippen molar-refractivity contribution < 1.29 is 28.3 Å². The van der Waals surface area contributed by atoms with E-state index in [0.29, 0.717) is 11.3 Å². The predicted molar refractivity (Wildman–Crippen MR) is 172 cm³/mol. The number of hydrogen-bond acceptors (Lipinski definition) is 2. The predicted octanol–water partition coefficient (Wildman–Crippen LogP) is 9.99. The maximum Gasteiger partial charge on any atom is 0.0280 e. The van der Waals surface area contributed by atoms with E-state index in [1.165, 1.54) is 57.1 Å². The Bertz CT molecular complexity index is 2080. The topological polar surface area (TPSA) is 25.8 Å². The van der Waals surface area contributed by atoms with Gasteiger partial charge in [0.1, 0.15) is 0 Å². The van der Waals surface area contributed by atoms with Gasteiger partial charge in [-0.05, 0) is 57.8 Å². The maximum atomic E-state index is 7.28. The summed E-state index contributed by atoms with van der Waals surface area (Å²) in [6, 6.07) is 43.8. The van der Waals surface area contributed by atoms with Crippen molar-refractivity contribution in [2.75, 3.05) is 0 Å². The van der Waals surface area contributed by atoms with Gasteiger partial charge >= 0.3 is 0 Å². The van der Waals surface area contributed by atoms with Crippen molar-refractivity contribution in [3.8, 4) is 33.6 Å². The monoisotopic (exact) mass is 725 g/mol. The first-order valence-electron chi connectivity index (χ1n) is 16.3. The number of benzene rings is 5. The van der Waals surface area contributed by atoms with E-state index in [1.807, 2.05) is 12.3 Å². The molecule has 7 aromatic rings. The molecule has 0 amide bonds. The quantitative estimate of drug-likeness (QED) is 0.134. The van der Waals surface area contributed by atoms with Gasteiger partial charge in [-0.3, -0.25) is 0 Å². The fraction of sp³-hybridized carbons (Fsp3) is 0.0769. The van der Waals surface area contributed by atoms with Crippen LogP contribution in [0.5, 0.6) is 0 Å². The SMILES string of the molecule is Cc1ccc(-c2[c-]cc(-c3cc4ccccc4c4ccccc34)cc2)nc1.[2H]C([2H])([2H])c1c[c-]c(-c2ccc(C([2H])([2H])[2H])cn2)cc1.[Ir]. The summed E-state index contributed by atoms with van der Waals surface area (Å²) in [5.74, 6) is 0. The molecule has 207 valence electrons. The van der Waals surface area contributed by atoms with E-state index in [1.54, 1.807) is 12.1 Å². The summed E-state index contributed by atoms with van der Waals surface area (Å²) in [5, 5.41) is 5.11. The number of fused-ring (bicyclic) bond motifs is 3. The molecule has 2 heterocycles. The molecule has 0 unspecified atom stereocenters. The van der Waals surface area contributed by atoms with Gasteiger partial charge in [-0.1, -0.05) is 96.8 Å². The standard InChI is InChI=1S/C26H18N.C13H12N.Ir/c1-18-10-15-26(27-17-18)20-13-11-19(12-14-20)25-16-21-6-2-3-7-22(21)23-8-4-5-9-24(23)25;1-10-3-6-12(7-4-10)13-8-5-11(2)9-14-13;/h2-13,15-17H,1H3;3-6,8-9H,1-2H3;/q2*-1;/i;1D3,2D3;. The molecule has 0 spiro atoms. The van der Waals surface area contributed by atoms with Crippen LogP contribution in [0.3, 0.4) is 0 Å². The van der Waals surface area contributed by atoms with Gasteiger partial charge in [0.05, 0.1) is 0 Å². The zero-order valence-corrected chi connectivity index (χ0v) is 25.2. The van der Waals surface area contributed by atoms with Crippen LogP contribution in [0.15, 0.2) is 128 Å². The third kappa shape index (κ3) is 6.39. The summed E-state index contributed by atoms with van der Waals surface area (Å²) in [7, 11) is 0. The molecular weight excluding hydrogens is 689 g/mol. The largest absolute Gasteiger partial charge is 0.304 e. The van der Waals surface area contributed by atoms with Crippen molar-refractivity contribution in [3.05, 3.63) is 156 Å². The number of rotatable bonds is 3. The van der Waals surface area contributed by atoms with Crippen molar-refractivity contribution in [3.63, 3.8) is 0 Å². The van der Waals surface area contributed by atoms with Crippen LogP contribution in [0.1, 0.15) is 24.9 Å². The van der Waals surface area contributed by atoms with Crippen LogP contribution >= 0.6 is 0 Å². The van der Waals surface area contributed by atoms with Gasteiger partial charge in [0.25, 0.3) is 0 Å². The van der Waals surface area contributed by atoms with Crippen molar-refractivity contribution in [1.29, 1.82) is 0 Å². The summed E-state index contributed by atoms with van der Waals surface area (Å²) in [6.45, 7) is -2.29. The molecule has 0 atom stereocenters. The fourth-order valence-corrected chi connectivity index (χ4v) is 4.81. The smallest absolute Gasteiger partial charge is 0.0280 e. The van der Waals surface area contributed by atoms with Gasteiger partial charge in [-0.25, -0.2) is 0 Å². The van der Waals surface area contributed by atoms with Crippen LogP contribution in [0.2, 0.25) is 0 Å². The van der Waals surface area contributed by atoms with Crippen LogP contribution in [0, 0.1) is 32.8 Å². The van der Waals surface area contributed by atoms with E-state index < -0.39 is 13.7 Å². The number of aryl methyl sites for hydroxylation is 3. The number of nitrogens with zero attached hydrogens (tertiary/aromatic N) is 2. The second-order valence-corrected chi connectivity index (χ2v) is 9.83. The Hall–Kier alpha value is -4.43. The molecule has 0 N–H and O–H groups in total. The van der Waals surface area contributed by atoms with E-state index >= 15 is 0 Å². The second-order valence-electron chi connectivity index (χ2n) is 9.83. The minimum atomic E-state index is -2.18. The van der Waals surface area contributed by atoms with Crippen LogP contribution < -0.4 is 0 Å². The molecule has 2 aromatic heterocycles. The summed E-state index contributed by atoms with van der Waals surface area (Å²) in [5.41, 5.74) is 7.10. The minimum absolute atomic E-state index is 0. The summed E-state index contributed by atoms with van der Waals surface area (Å²) in [6.07, 6.45) is 3.20. The molecule has 5 aromatic carbocycles. The summed E-state index contributed by atoms with van der Waals surface area (Å²) >= 11 is 0. The van der Waals surface area contributed by atoms with Gasteiger partial charge in [0.2, 0.25) is 0 Å². The van der Waals surface area contributed by atoms with E-state index in [0.717, 1.165) is 16.8 Å². The van der Waals surface area contributed by atoms with E-state index in [9.17, 15) is 0 Å². The number of aromatic nitrogens is 2. The van der Waals surface area contributed by atoms with Crippen molar-refractivity contribution in [1.82, 2.24) is 9.97 Å². The Kier molecular flexibility index (Phi) is 6.89. The molecule has 2 nitrogen and oxygen atoms in total. The van der Waals surface area contributed by atoms with Crippen molar-refractivity contribution >= 4 is 21.5 Å². The molecule has 0 fully saturated rings. The third-order valence-corrected chi connectivity index (χ3v) is 6.93. The summed E-state index contributed by atoms with van der Waals surface area (Å²) < 4.78 is 43.6. The van der Waals surface area contributed by atoms with E-state index in [2.05, 4.69) is 108 Å². The number of pyridine rings is 2. The molecule has 0 aliphatic rings. The van der Waals surface area contributed by atoms with Crippen LogP contribution in [-0.2, 0) is 20.1 Å². The first-order chi connectivity index (χ1) is 22.5. The van der Waals surface area contributed by atoms with Gasteiger partial charge in [0.15, 0.2) is 0 Å². The Morgan fingerprint density at radius 2 is 1.17 bits per heavy atom. The molecule has 1 radical (unpaired) electrons. The molecule has 0 aliphatic carbocycles. The van der Waals surface area contributed by atoms with Crippen LogP contribution in [0.4, 0.5) is 0 Å². The third-order valence-electron chi connectivity index (χ3n) is 6.93. The average molecular weight is 725 g/mol. The van der Waals surface area contributed by atoms with Crippen molar-refractivity contribution in [2.45, 2.75) is 20.6 Å². The Balaban J connectivity index is 0.000000193. The second kappa shape index (κ2) is 13.0. The Labute approximate surface area is 269 Å². The average Bonchev–Trinajstić information content (AvgIpc) is 3.08. The zero-order valence-electron chi connectivity index (χ0n) is 28.9. The van der Waals surface area contributed by atoms with E-state index in [-0.39, 0.29) is 31.2 Å². The fourth-order valence-electron chi connectivity index (χ4n) is 4.81. The van der Waals surface area contributed by atoms with Crippen molar-refractivity contribution in [2.24, 2.45) is 0 Å². The van der Waals surface area contributed by atoms with E-state index in [4.69, 9.17) is 8.22 Å². The first kappa shape index (κ1) is 22.2. The van der Waals surface area contributed by atoms with Crippen LogP contribution in [0.25, 0.3) is 55.2 Å². The van der Waals surface area contributed by atoms with Crippen LogP contribution in [-0.4, -0.2) is 9.97 Å². The summed E-state index contributed by atoms with van der Waals surface area (Å²) in [4.78, 5) is 8.59. The molecule has 0 saturated carbocycles. The van der Waals surface area contributed by atoms with Gasteiger partial charge in [0, 0.05) is 40.7 Å². The normalized spacial score (nSPS) is 13.3. The van der Waals surface area contributed by atoms with Gasteiger partial charge in [-0.15, -0.1) is 65.2 Å². The molecular formula is C39H30IrN2-2. The first-order valence-corrected chi connectivity index (χ1v) is 13.3. The number of hydrogen-bond donors (Lipinski definition) is 0. The Morgan fingerprint density at radius 1 is 0.571 bits per heavy atom. The van der Waals surface area contributed by atoms with Gasteiger partial charge < -0.3 is 9.97 Å². The molecule has 0 aliphatic heterocycles. The zero-order chi connectivity index (χ0) is 33.2. The van der Waals surface area contributed by atoms with Gasteiger partial charge in [-0.2, -0.15) is 0 Å². The molecule has 0 bridgehead atoms. The molecule has 42 heavy (non-hydrogen) atoms. The molecule has 3 heteroatoms.